The quantitative estimate of drug-likeness (QED) is 0.703. The van der Waals surface area contributed by atoms with Gasteiger partial charge in [-0.2, -0.15) is 24.7 Å². The average molecular weight is 283 g/mol. The molecule has 106 valence electrons. The van der Waals surface area contributed by atoms with E-state index in [1.54, 1.807) is 6.20 Å². The van der Waals surface area contributed by atoms with Gasteiger partial charge in [-0.15, -0.1) is 0 Å². The first-order chi connectivity index (χ1) is 10.2. The Balaban J connectivity index is 1.78. The highest BCUT2D eigenvalue weighted by atomic mass is 15.4. The molecule has 0 amide bonds. The molecule has 0 aromatic carbocycles. The minimum atomic E-state index is 0.111. The summed E-state index contributed by atoms with van der Waals surface area (Å²) in [7, 11) is 0. The van der Waals surface area contributed by atoms with Crippen LogP contribution >= 0.6 is 0 Å². The third kappa shape index (κ3) is 3.08. The number of hydrogen-bond donors (Lipinski definition) is 2. The fourth-order valence-corrected chi connectivity index (χ4v) is 1.66. The smallest absolute Gasteiger partial charge is 0.258 e. The minimum absolute atomic E-state index is 0.111. The number of nitrogens with two attached hydrogens (primary N) is 1. The molecule has 0 saturated heterocycles. The van der Waals surface area contributed by atoms with Crippen molar-refractivity contribution in [2.45, 2.75) is 13.5 Å². The second kappa shape index (κ2) is 5.49. The Hall–Kier alpha value is -3.10. The van der Waals surface area contributed by atoms with Crippen LogP contribution in [0.4, 0.5) is 11.9 Å². The lowest BCUT2D eigenvalue weighted by molar-refractivity contribution is 0.797. The average Bonchev–Trinajstić information content (AvgIpc) is 3.00. The van der Waals surface area contributed by atoms with Crippen LogP contribution in [-0.2, 0) is 6.54 Å². The van der Waals surface area contributed by atoms with E-state index < -0.39 is 0 Å². The standard InChI is InChI=1S/C12H13N9/c1-8-2-3-9(4-15-8)5-16-11-18-10(13)19-12(20-11)21-7-14-6-17-21/h2-4,6-7H,5H2,1H3,(H3,13,16,18,19,20). The number of nitrogens with one attached hydrogen (secondary N) is 1. The van der Waals surface area contributed by atoms with Crippen LogP contribution in [0.2, 0.25) is 0 Å². The molecule has 0 bridgehead atoms. The van der Waals surface area contributed by atoms with Gasteiger partial charge in [0.15, 0.2) is 0 Å². The highest BCUT2D eigenvalue weighted by Crippen LogP contribution is 2.08. The summed E-state index contributed by atoms with van der Waals surface area (Å²) in [5, 5.41) is 7.04. The second-order valence-corrected chi connectivity index (χ2v) is 4.32. The molecule has 0 saturated carbocycles. The van der Waals surface area contributed by atoms with E-state index in [4.69, 9.17) is 5.73 Å². The van der Waals surface area contributed by atoms with E-state index in [2.05, 4.69) is 35.3 Å². The second-order valence-electron chi connectivity index (χ2n) is 4.32. The maximum absolute atomic E-state index is 5.68. The molecule has 21 heavy (non-hydrogen) atoms. The molecule has 0 fully saturated rings. The number of aromatic nitrogens is 7. The summed E-state index contributed by atoms with van der Waals surface area (Å²) in [6, 6.07) is 3.93. The molecule has 3 aromatic rings. The van der Waals surface area contributed by atoms with Crippen LogP contribution in [0.5, 0.6) is 0 Å². The topological polar surface area (TPSA) is 120 Å². The SMILES string of the molecule is Cc1ccc(CNc2nc(N)nc(-n3cncn3)n2)cn1. The fourth-order valence-electron chi connectivity index (χ4n) is 1.66. The summed E-state index contributed by atoms with van der Waals surface area (Å²) in [5.41, 5.74) is 7.66. The van der Waals surface area contributed by atoms with Gasteiger partial charge < -0.3 is 11.1 Å². The van der Waals surface area contributed by atoms with Crippen LogP contribution < -0.4 is 11.1 Å². The van der Waals surface area contributed by atoms with Crippen molar-refractivity contribution in [1.29, 1.82) is 0 Å². The van der Waals surface area contributed by atoms with Crippen molar-refractivity contribution in [1.82, 2.24) is 34.7 Å². The van der Waals surface area contributed by atoms with Gasteiger partial charge in [0.05, 0.1) is 0 Å². The molecule has 0 aliphatic rings. The molecule has 9 nitrogen and oxygen atoms in total. The zero-order valence-corrected chi connectivity index (χ0v) is 11.3. The first kappa shape index (κ1) is 12.9. The summed E-state index contributed by atoms with van der Waals surface area (Å²) >= 11 is 0. The van der Waals surface area contributed by atoms with Crippen LogP contribution in [0.3, 0.4) is 0 Å². The summed E-state index contributed by atoms with van der Waals surface area (Å²) in [6.45, 7) is 2.47. The predicted octanol–water partition coefficient (Wildman–Crippen LogP) is 0.350. The zero-order valence-electron chi connectivity index (χ0n) is 11.3. The molecule has 9 heteroatoms. The van der Waals surface area contributed by atoms with Gasteiger partial charge in [0.25, 0.3) is 5.95 Å². The van der Waals surface area contributed by atoms with Gasteiger partial charge in [-0.05, 0) is 18.6 Å². The molecule has 3 N–H and O–H groups in total. The number of nitrogen functional groups attached to an aromatic ring is 1. The molecule has 0 aliphatic heterocycles. The Morgan fingerprint density at radius 2 is 2.14 bits per heavy atom. The van der Waals surface area contributed by atoms with Gasteiger partial charge in [-0.25, -0.2) is 4.98 Å². The van der Waals surface area contributed by atoms with Crippen molar-refractivity contribution in [2.24, 2.45) is 0 Å². The largest absolute Gasteiger partial charge is 0.368 e. The maximum atomic E-state index is 5.68. The van der Waals surface area contributed by atoms with Crippen LogP contribution in [0.15, 0.2) is 31.0 Å². The Morgan fingerprint density at radius 1 is 1.24 bits per heavy atom. The molecule has 0 radical (unpaired) electrons. The monoisotopic (exact) mass is 283 g/mol. The van der Waals surface area contributed by atoms with Crippen molar-refractivity contribution in [3.8, 4) is 5.95 Å². The van der Waals surface area contributed by atoms with Crippen molar-refractivity contribution in [3.63, 3.8) is 0 Å². The molecule has 0 spiro atoms. The Bertz CT molecular complexity index is 721. The van der Waals surface area contributed by atoms with Crippen molar-refractivity contribution >= 4 is 11.9 Å². The third-order valence-corrected chi connectivity index (χ3v) is 2.69. The molecule has 3 heterocycles. The Morgan fingerprint density at radius 3 is 2.86 bits per heavy atom. The first-order valence-corrected chi connectivity index (χ1v) is 6.22. The van der Waals surface area contributed by atoms with E-state index in [0.29, 0.717) is 18.4 Å². The van der Waals surface area contributed by atoms with E-state index >= 15 is 0 Å². The van der Waals surface area contributed by atoms with Crippen LogP contribution in [0, 0.1) is 6.92 Å². The lowest BCUT2D eigenvalue weighted by Crippen LogP contribution is -2.11. The van der Waals surface area contributed by atoms with E-state index in [1.165, 1.54) is 17.3 Å². The van der Waals surface area contributed by atoms with E-state index in [9.17, 15) is 0 Å². The zero-order chi connectivity index (χ0) is 14.7. The molecule has 0 aliphatic carbocycles. The molecule has 3 aromatic heterocycles. The van der Waals surface area contributed by atoms with Gasteiger partial charge in [0.2, 0.25) is 11.9 Å². The normalized spacial score (nSPS) is 10.5. The van der Waals surface area contributed by atoms with Crippen LogP contribution in [-0.4, -0.2) is 34.7 Å². The number of pyridine rings is 1. The number of anilines is 2. The Kier molecular flexibility index (Phi) is 3.37. The van der Waals surface area contributed by atoms with Gasteiger partial charge >= 0.3 is 0 Å². The van der Waals surface area contributed by atoms with Crippen LogP contribution in [0.1, 0.15) is 11.3 Å². The summed E-state index contributed by atoms with van der Waals surface area (Å²) in [5.74, 6) is 0.790. The molecular weight excluding hydrogens is 270 g/mol. The minimum Gasteiger partial charge on any atom is -0.368 e. The van der Waals surface area contributed by atoms with Gasteiger partial charge in [0.1, 0.15) is 12.7 Å². The molecular formula is C12H13N9. The van der Waals surface area contributed by atoms with Crippen molar-refractivity contribution < 1.29 is 0 Å². The number of aryl methyl sites for hydroxylation is 1. The van der Waals surface area contributed by atoms with Gasteiger partial charge in [-0.3, -0.25) is 4.98 Å². The van der Waals surface area contributed by atoms with Crippen molar-refractivity contribution in [3.05, 3.63) is 42.2 Å². The Labute approximate surface area is 120 Å². The van der Waals surface area contributed by atoms with E-state index in [-0.39, 0.29) is 5.95 Å². The number of rotatable bonds is 4. The van der Waals surface area contributed by atoms with Gasteiger partial charge in [-0.1, -0.05) is 6.07 Å². The predicted molar refractivity (Wildman–Crippen MR) is 75.5 cm³/mol. The molecule has 3 rings (SSSR count). The maximum Gasteiger partial charge on any atom is 0.258 e. The molecule has 0 atom stereocenters. The number of nitrogens with zero attached hydrogens (tertiary/aromatic N) is 7. The van der Waals surface area contributed by atoms with Crippen molar-refractivity contribution in [2.75, 3.05) is 11.1 Å². The van der Waals surface area contributed by atoms with E-state index in [0.717, 1.165) is 11.3 Å². The highest BCUT2D eigenvalue weighted by Gasteiger charge is 2.06. The van der Waals surface area contributed by atoms with Crippen LogP contribution in [0.25, 0.3) is 5.95 Å². The highest BCUT2D eigenvalue weighted by molar-refractivity contribution is 5.35. The summed E-state index contributed by atoms with van der Waals surface area (Å²) < 4.78 is 1.41. The van der Waals surface area contributed by atoms with E-state index in [1.807, 2.05) is 19.1 Å². The lowest BCUT2D eigenvalue weighted by atomic mass is 10.2. The first-order valence-electron chi connectivity index (χ1n) is 6.22. The molecule has 0 unspecified atom stereocenters. The third-order valence-electron chi connectivity index (χ3n) is 2.69. The lowest BCUT2D eigenvalue weighted by Gasteiger charge is -2.07. The van der Waals surface area contributed by atoms with Gasteiger partial charge in [0, 0.05) is 18.4 Å². The fraction of sp³-hybridized carbons (Fsp3) is 0.167. The number of hydrogen-bond acceptors (Lipinski definition) is 8. The summed E-state index contributed by atoms with van der Waals surface area (Å²) in [4.78, 5) is 20.3. The summed E-state index contributed by atoms with van der Waals surface area (Å²) in [6.07, 6.45) is 4.68.